The molecule has 1 aliphatic rings. The van der Waals surface area contributed by atoms with Gasteiger partial charge in [-0.05, 0) is 70.3 Å². The number of benzene rings is 1. The van der Waals surface area contributed by atoms with Gasteiger partial charge in [-0.1, -0.05) is 30.9 Å². The summed E-state index contributed by atoms with van der Waals surface area (Å²) in [7, 11) is 5.49. The molecule has 3 rings (SSSR count). The zero-order chi connectivity index (χ0) is 29.6. The van der Waals surface area contributed by atoms with Gasteiger partial charge >= 0.3 is 0 Å². The van der Waals surface area contributed by atoms with Gasteiger partial charge in [-0.15, -0.1) is 0 Å². The number of carbonyl (C=O) groups is 2. The summed E-state index contributed by atoms with van der Waals surface area (Å²) in [6.45, 7) is 4.12. The van der Waals surface area contributed by atoms with E-state index < -0.39 is 0 Å². The molecule has 0 spiro atoms. The third-order valence-electron chi connectivity index (χ3n) is 6.73. The number of hydrogen-bond acceptors (Lipinski definition) is 7. The standard InChI is InChI=1S/C31H42FN7O2/c1-5-16-34-30-25(21-35-31(37-30)36-27-9-6-8-26(32)20-27)14-13-23-11-12-24(19-23)15-17-33-28(40)22-39(4)29(41)10-7-18-38(2)3/h6-10,20-21,23-24H,5,11-12,15-19,22H2,1-4H3,(H,33,40)(H2,34,35,36,37)/b10-7+/t23-,24+/m0/s1. The van der Waals surface area contributed by atoms with Crippen molar-refractivity contribution in [2.24, 2.45) is 11.8 Å². The van der Waals surface area contributed by atoms with Gasteiger partial charge in [0.05, 0.1) is 18.3 Å². The first-order valence-electron chi connectivity index (χ1n) is 14.2. The van der Waals surface area contributed by atoms with Crippen LogP contribution >= 0.6 is 0 Å². The van der Waals surface area contributed by atoms with E-state index in [1.165, 1.54) is 23.1 Å². The van der Waals surface area contributed by atoms with E-state index >= 15 is 0 Å². The molecule has 2 aromatic rings. The Hall–Kier alpha value is -3.97. The van der Waals surface area contributed by atoms with Crippen molar-refractivity contribution < 1.29 is 14.0 Å². The van der Waals surface area contributed by atoms with Crippen LogP contribution in [0.5, 0.6) is 0 Å². The van der Waals surface area contributed by atoms with Crippen molar-refractivity contribution in [2.45, 2.75) is 39.0 Å². The fourth-order valence-electron chi connectivity index (χ4n) is 4.51. The van der Waals surface area contributed by atoms with Crippen molar-refractivity contribution in [2.75, 3.05) is 58.0 Å². The summed E-state index contributed by atoms with van der Waals surface area (Å²) < 4.78 is 13.5. The number of carbonyl (C=O) groups excluding carboxylic acids is 2. The highest BCUT2D eigenvalue weighted by molar-refractivity contribution is 5.91. The SMILES string of the molecule is CCCNc1nc(Nc2cccc(F)c2)ncc1C#C[C@@H]1CC[C@H](CCNC(=O)CN(C)C(=O)/C=C/CN(C)C)C1. The molecular formula is C31H42FN7O2. The summed E-state index contributed by atoms with van der Waals surface area (Å²) >= 11 is 0. The molecule has 2 atom stereocenters. The molecule has 1 saturated carbocycles. The average Bonchev–Trinajstić information content (AvgIpc) is 3.38. The van der Waals surface area contributed by atoms with Crippen LogP contribution in [0.25, 0.3) is 0 Å². The first kappa shape index (κ1) is 31.6. The molecule has 1 fully saturated rings. The number of anilines is 3. The van der Waals surface area contributed by atoms with E-state index in [0.717, 1.165) is 44.2 Å². The Morgan fingerprint density at radius 2 is 2.02 bits per heavy atom. The highest BCUT2D eigenvalue weighted by atomic mass is 19.1. The van der Waals surface area contributed by atoms with Crippen LogP contribution < -0.4 is 16.0 Å². The Kier molecular flexibility index (Phi) is 12.6. The van der Waals surface area contributed by atoms with E-state index in [1.54, 1.807) is 31.5 Å². The predicted molar refractivity (Wildman–Crippen MR) is 161 cm³/mol. The molecule has 0 aliphatic heterocycles. The number of likely N-dealkylation sites (N-methyl/N-ethyl adjacent to an activating group) is 2. The van der Waals surface area contributed by atoms with Crippen molar-refractivity contribution in [1.29, 1.82) is 0 Å². The third-order valence-corrected chi connectivity index (χ3v) is 6.73. The van der Waals surface area contributed by atoms with Gasteiger partial charge in [0.15, 0.2) is 0 Å². The van der Waals surface area contributed by atoms with Crippen LogP contribution in [0.2, 0.25) is 0 Å². The monoisotopic (exact) mass is 563 g/mol. The third kappa shape index (κ3) is 11.2. The Bertz CT molecular complexity index is 1250. The number of halogens is 1. The molecule has 220 valence electrons. The summed E-state index contributed by atoms with van der Waals surface area (Å²) in [5.41, 5.74) is 1.31. The topological polar surface area (TPSA) is 102 Å². The number of nitrogens with zero attached hydrogens (tertiary/aromatic N) is 4. The molecule has 3 N–H and O–H groups in total. The van der Waals surface area contributed by atoms with E-state index in [4.69, 9.17) is 0 Å². The lowest BCUT2D eigenvalue weighted by Crippen LogP contribution is -2.38. The molecular weight excluding hydrogens is 521 g/mol. The summed E-state index contributed by atoms with van der Waals surface area (Å²) in [6, 6.07) is 6.17. The normalized spacial score (nSPS) is 16.3. The van der Waals surface area contributed by atoms with Gasteiger partial charge < -0.3 is 25.8 Å². The van der Waals surface area contributed by atoms with Crippen LogP contribution in [-0.4, -0.2) is 78.9 Å². The second-order valence-electron chi connectivity index (χ2n) is 10.7. The second kappa shape index (κ2) is 16.3. The number of aromatic nitrogens is 2. The van der Waals surface area contributed by atoms with Crippen LogP contribution in [0.15, 0.2) is 42.6 Å². The zero-order valence-corrected chi connectivity index (χ0v) is 24.5. The highest BCUT2D eigenvalue weighted by Gasteiger charge is 2.23. The fourth-order valence-corrected chi connectivity index (χ4v) is 4.51. The molecule has 2 amide bonds. The molecule has 1 heterocycles. The lowest BCUT2D eigenvalue weighted by atomic mass is 10.0. The summed E-state index contributed by atoms with van der Waals surface area (Å²) in [5.74, 6) is 7.80. The van der Waals surface area contributed by atoms with Crippen molar-refractivity contribution in [1.82, 2.24) is 25.1 Å². The van der Waals surface area contributed by atoms with Gasteiger partial charge in [0.25, 0.3) is 0 Å². The fraction of sp³-hybridized carbons (Fsp3) is 0.484. The van der Waals surface area contributed by atoms with Gasteiger partial charge in [-0.2, -0.15) is 4.98 Å². The van der Waals surface area contributed by atoms with Gasteiger partial charge in [-0.3, -0.25) is 9.59 Å². The predicted octanol–water partition coefficient (Wildman–Crippen LogP) is 4.03. The van der Waals surface area contributed by atoms with Gasteiger partial charge in [0.2, 0.25) is 17.8 Å². The smallest absolute Gasteiger partial charge is 0.246 e. The van der Waals surface area contributed by atoms with E-state index in [9.17, 15) is 14.0 Å². The Labute approximate surface area is 243 Å². The van der Waals surface area contributed by atoms with Crippen molar-refractivity contribution >= 4 is 29.3 Å². The van der Waals surface area contributed by atoms with Gasteiger partial charge in [0, 0.05) is 44.4 Å². The molecule has 0 bridgehead atoms. The summed E-state index contributed by atoms with van der Waals surface area (Å²) in [4.78, 5) is 36.7. The van der Waals surface area contributed by atoms with Crippen LogP contribution in [0.3, 0.4) is 0 Å². The lowest BCUT2D eigenvalue weighted by Gasteiger charge is -2.16. The van der Waals surface area contributed by atoms with Gasteiger partial charge in [-0.25, -0.2) is 9.37 Å². The largest absolute Gasteiger partial charge is 0.369 e. The summed E-state index contributed by atoms with van der Waals surface area (Å²) in [5, 5.41) is 9.30. The number of hydrogen-bond donors (Lipinski definition) is 3. The van der Waals surface area contributed by atoms with Crippen LogP contribution in [0, 0.1) is 29.5 Å². The lowest BCUT2D eigenvalue weighted by molar-refractivity contribution is -0.131. The van der Waals surface area contributed by atoms with Gasteiger partial charge in [0.1, 0.15) is 11.6 Å². The van der Waals surface area contributed by atoms with Crippen LogP contribution in [0.1, 0.15) is 44.6 Å². The number of amides is 2. The molecule has 0 unspecified atom stereocenters. The van der Waals surface area contributed by atoms with Crippen LogP contribution in [-0.2, 0) is 9.59 Å². The highest BCUT2D eigenvalue weighted by Crippen LogP contribution is 2.32. The second-order valence-corrected chi connectivity index (χ2v) is 10.7. The molecule has 1 aromatic heterocycles. The van der Waals surface area contributed by atoms with Crippen molar-refractivity contribution in [3.05, 3.63) is 54.0 Å². The van der Waals surface area contributed by atoms with E-state index in [-0.39, 0.29) is 30.1 Å². The molecule has 10 heteroatoms. The minimum atomic E-state index is -0.331. The first-order valence-corrected chi connectivity index (χ1v) is 14.2. The Morgan fingerprint density at radius 3 is 2.78 bits per heavy atom. The van der Waals surface area contributed by atoms with E-state index in [1.807, 2.05) is 19.0 Å². The molecule has 1 aliphatic carbocycles. The van der Waals surface area contributed by atoms with Crippen LogP contribution in [0.4, 0.5) is 21.8 Å². The minimum Gasteiger partial charge on any atom is -0.369 e. The van der Waals surface area contributed by atoms with Crippen molar-refractivity contribution in [3.8, 4) is 11.8 Å². The molecule has 1 aromatic carbocycles. The number of rotatable bonds is 13. The Balaban J connectivity index is 1.47. The summed E-state index contributed by atoms with van der Waals surface area (Å²) in [6.07, 6.45) is 9.87. The first-order chi connectivity index (χ1) is 19.7. The quantitative estimate of drug-likeness (QED) is 0.250. The maximum atomic E-state index is 13.5. The van der Waals surface area contributed by atoms with E-state index in [2.05, 4.69) is 44.7 Å². The average molecular weight is 564 g/mol. The maximum absolute atomic E-state index is 13.5. The minimum absolute atomic E-state index is 0.0386. The zero-order valence-electron chi connectivity index (χ0n) is 24.5. The maximum Gasteiger partial charge on any atom is 0.246 e. The van der Waals surface area contributed by atoms with E-state index in [0.29, 0.717) is 36.5 Å². The molecule has 41 heavy (non-hydrogen) atoms. The molecule has 9 nitrogen and oxygen atoms in total. The number of nitrogens with one attached hydrogen (secondary N) is 3. The van der Waals surface area contributed by atoms with Crippen molar-refractivity contribution in [3.63, 3.8) is 0 Å². The Morgan fingerprint density at radius 1 is 1.20 bits per heavy atom. The molecule has 0 saturated heterocycles. The molecule has 0 radical (unpaired) electrons.